The van der Waals surface area contributed by atoms with E-state index in [2.05, 4.69) is 15.8 Å². The first-order valence-electron chi connectivity index (χ1n) is 8.15. The predicted octanol–water partition coefficient (Wildman–Crippen LogP) is 3.33. The SMILES string of the molecule is Cc1cc(NC(=O)CN2CCC[C@H]2C(=O)Nc2cc(Cl)ccc2Cl)no1. The van der Waals surface area contributed by atoms with Gasteiger partial charge in [0.2, 0.25) is 11.8 Å². The Kier molecular flexibility index (Phi) is 5.80. The van der Waals surface area contributed by atoms with E-state index in [1.54, 1.807) is 31.2 Å². The van der Waals surface area contributed by atoms with Crippen LogP contribution in [0.2, 0.25) is 10.0 Å². The number of nitrogens with zero attached hydrogens (tertiary/aromatic N) is 2. The average molecular weight is 397 g/mol. The molecule has 0 spiro atoms. The Bertz CT molecular complexity index is 824. The lowest BCUT2D eigenvalue weighted by Crippen LogP contribution is -2.43. The van der Waals surface area contributed by atoms with Gasteiger partial charge in [-0.05, 0) is 44.5 Å². The normalized spacial score (nSPS) is 17.3. The van der Waals surface area contributed by atoms with E-state index >= 15 is 0 Å². The molecule has 0 aliphatic carbocycles. The van der Waals surface area contributed by atoms with Gasteiger partial charge in [0.15, 0.2) is 5.82 Å². The number of hydrogen-bond donors (Lipinski definition) is 2. The number of halogens is 2. The fourth-order valence-electron chi connectivity index (χ4n) is 2.91. The van der Waals surface area contributed by atoms with Gasteiger partial charge < -0.3 is 15.2 Å². The standard InChI is InChI=1S/C17H18Cl2N4O3/c1-10-7-15(22-26-10)21-16(24)9-23-6-2-3-14(23)17(25)20-13-8-11(18)4-5-12(13)19/h4-5,7-8,14H,2-3,6,9H2,1H3,(H,20,25)(H,21,22,24)/t14-/m0/s1. The van der Waals surface area contributed by atoms with Crippen molar-refractivity contribution in [3.05, 3.63) is 40.1 Å². The maximum atomic E-state index is 12.6. The molecule has 1 saturated heterocycles. The minimum Gasteiger partial charge on any atom is -0.360 e. The summed E-state index contributed by atoms with van der Waals surface area (Å²) in [7, 11) is 0. The minimum atomic E-state index is -0.408. The molecular formula is C17H18Cl2N4O3. The number of aromatic nitrogens is 1. The number of carbonyl (C=O) groups excluding carboxylic acids is 2. The summed E-state index contributed by atoms with van der Waals surface area (Å²) in [6.45, 7) is 2.49. The van der Waals surface area contributed by atoms with Gasteiger partial charge in [-0.3, -0.25) is 14.5 Å². The Morgan fingerprint density at radius 2 is 2.12 bits per heavy atom. The highest BCUT2D eigenvalue weighted by atomic mass is 35.5. The number of hydrogen-bond acceptors (Lipinski definition) is 5. The van der Waals surface area contributed by atoms with Crippen LogP contribution in [0.5, 0.6) is 0 Å². The van der Waals surface area contributed by atoms with E-state index in [4.69, 9.17) is 27.7 Å². The molecule has 0 radical (unpaired) electrons. The van der Waals surface area contributed by atoms with E-state index in [0.717, 1.165) is 6.42 Å². The monoisotopic (exact) mass is 396 g/mol. The van der Waals surface area contributed by atoms with Crippen molar-refractivity contribution < 1.29 is 14.1 Å². The molecule has 2 heterocycles. The Hall–Kier alpha value is -2.09. The second-order valence-electron chi connectivity index (χ2n) is 6.11. The Morgan fingerprint density at radius 1 is 1.31 bits per heavy atom. The molecule has 26 heavy (non-hydrogen) atoms. The number of anilines is 2. The van der Waals surface area contributed by atoms with E-state index in [-0.39, 0.29) is 18.4 Å². The Labute approximate surface area is 160 Å². The van der Waals surface area contributed by atoms with Crippen molar-refractivity contribution in [2.24, 2.45) is 0 Å². The molecule has 3 rings (SSSR count). The predicted molar refractivity (Wildman–Crippen MR) is 99.6 cm³/mol. The fraction of sp³-hybridized carbons (Fsp3) is 0.353. The summed E-state index contributed by atoms with van der Waals surface area (Å²) in [6.07, 6.45) is 1.50. The van der Waals surface area contributed by atoms with Gasteiger partial charge in [0.05, 0.1) is 23.3 Å². The van der Waals surface area contributed by atoms with Crippen molar-refractivity contribution in [3.63, 3.8) is 0 Å². The van der Waals surface area contributed by atoms with Crippen molar-refractivity contribution >= 4 is 46.5 Å². The maximum absolute atomic E-state index is 12.6. The van der Waals surface area contributed by atoms with Crippen molar-refractivity contribution in [3.8, 4) is 0 Å². The third-order valence-corrected chi connectivity index (χ3v) is 4.66. The van der Waals surface area contributed by atoms with Crippen molar-refractivity contribution in [1.29, 1.82) is 0 Å². The average Bonchev–Trinajstić information content (AvgIpc) is 3.20. The smallest absolute Gasteiger partial charge is 0.241 e. The number of likely N-dealkylation sites (tertiary alicyclic amines) is 1. The molecule has 1 aromatic carbocycles. The van der Waals surface area contributed by atoms with Crippen LogP contribution in [0.25, 0.3) is 0 Å². The number of aryl methyl sites for hydroxylation is 1. The second kappa shape index (κ2) is 8.07. The van der Waals surface area contributed by atoms with Gasteiger partial charge in [-0.25, -0.2) is 0 Å². The largest absolute Gasteiger partial charge is 0.360 e. The summed E-state index contributed by atoms with van der Waals surface area (Å²) in [6, 6.07) is 6.10. The third-order valence-electron chi connectivity index (χ3n) is 4.09. The maximum Gasteiger partial charge on any atom is 0.241 e. The van der Waals surface area contributed by atoms with Crippen LogP contribution in [0.4, 0.5) is 11.5 Å². The second-order valence-corrected chi connectivity index (χ2v) is 6.96. The Morgan fingerprint density at radius 3 is 2.85 bits per heavy atom. The van der Waals surface area contributed by atoms with Gasteiger partial charge in [0, 0.05) is 11.1 Å². The zero-order valence-electron chi connectivity index (χ0n) is 14.1. The topological polar surface area (TPSA) is 87.5 Å². The van der Waals surface area contributed by atoms with Crippen molar-refractivity contribution in [2.75, 3.05) is 23.7 Å². The molecule has 1 fully saturated rings. The summed E-state index contributed by atoms with van der Waals surface area (Å²) in [4.78, 5) is 26.6. The van der Waals surface area contributed by atoms with Crippen LogP contribution in [-0.2, 0) is 9.59 Å². The van der Waals surface area contributed by atoms with Crippen LogP contribution in [-0.4, -0.2) is 41.0 Å². The summed E-state index contributed by atoms with van der Waals surface area (Å²) >= 11 is 12.0. The summed E-state index contributed by atoms with van der Waals surface area (Å²) in [5.74, 6) is 0.506. The number of rotatable bonds is 5. The first-order chi connectivity index (χ1) is 12.4. The van der Waals surface area contributed by atoms with Crippen LogP contribution < -0.4 is 10.6 Å². The van der Waals surface area contributed by atoms with Gasteiger partial charge in [-0.2, -0.15) is 0 Å². The van der Waals surface area contributed by atoms with Gasteiger partial charge in [-0.1, -0.05) is 28.4 Å². The molecular weight excluding hydrogens is 379 g/mol. The van der Waals surface area contributed by atoms with Crippen LogP contribution in [0.1, 0.15) is 18.6 Å². The molecule has 7 nitrogen and oxygen atoms in total. The zero-order chi connectivity index (χ0) is 18.7. The number of nitrogens with one attached hydrogen (secondary N) is 2. The third kappa shape index (κ3) is 4.55. The molecule has 0 unspecified atom stereocenters. The molecule has 0 bridgehead atoms. The van der Waals surface area contributed by atoms with E-state index in [9.17, 15) is 9.59 Å². The molecule has 1 atom stereocenters. The van der Waals surface area contributed by atoms with Crippen LogP contribution in [0.3, 0.4) is 0 Å². The molecule has 2 aromatic rings. The fourth-order valence-corrected chi connectivity index (χ4v) is 3.25. The lowest BCUT2D eigenvalue weighted by molar-refractivity contribution is -0.122. The summed E-state index contributed by atoms with van der Waals surface area (Å²) < 4.78 is 4.92. The van der Waals surface area contributed by atoms with Gasteiger partial charge in [-0.15, -0.1) is 0 Å². The molecule has 1 aromatic heterocycles. The van der Waals surface area contributed by atoms with Crippen LogP contribution in [0.15, 0.2) is 28.8 Å². The van der Waals surface area contributed by atoms with Crippen LogP contribution >= 0.6 is 23.2 Å². The van der Waals surface area contributed by atoms with Crippen LogP contribution in [0, 0.1) is 6.92 Å². The highest BCUT2D eigenvalue weighted by Gasteiger charge is 2.32. The van der Waals surface area contributed by atoms with Gasteiger partial charge in [0.1, 0.15) is 5.76 Å². The minimum absolute atomic E-state index is 0.0905. The molecule has 138 valence electrons. The van der Waals surface area contributed by atoms with Gasteiger partial charge in [0.25, 0.3) is 0 Å². The number of amides is 2. The molecule has 0 saturated carbocycles. The number of carbonyl (C=O) groups is 2. The first kappa shape index (κ1) is 18.7. The molecule has 9 heteroatoms. The summed E-state index contributed by atoms with van der Waals surface area (Å²) in [5.41, 5.74) is 0.457. The summed E-state index contributed by atoms with van der Waals surface area (Å²) in [5, 5.41) is 10.1. The highest BCUT2D eigenvalue weighted by Crippen LogP contribution is 2.27. The van der Waals surface area contributed by atoms with E-state index < -0.39 is 6.04 Å². The Balaban J connectivity index is 1.61. The lowest BCUT2D eigenvalue weighted by atomic mass is 10.2. The number of benzene rings is 1. The highest BCUT2D eigenvalue weighted by molar-refractivity contribution is 6.35. The molecule has 1 aliphatic heterocycles. The molecule has 1 aliphatic rings. The molecule has 2 amide bonds. The van der Waals surface area contributed by atoms with E-state index in [0.29, 0.717) is 40.3 Å². The van der Waals surface area contributed by atoms with Gasteiger partial charge >= 0.3 is 0 Å². The lowest BCUT2D eigenvalue weighted by Gasteiger charge is -2.23. The van der Waals surface area contributed by atoms with Crippen molar-refractivity contribution in [1.82, 2.24) is 10.1 Å². The van der Waals surface area contributed by atoms with Crippen molar-refractivity contribution in [2.45, 2.75) is 25.8 Å². The quantitative estimate of drug-likeness (QED) is 0.808. The van der Waals surface area contributed by atoms with E-state index in [1.165, 1.54) is 0 Å². The first-order valence-corrected chi connectivity index (χ1v) is 8.91. The molecule has 2 N–H and O–H groups in total. The zero-order valence-corrected chi connectivity index (χ0v) is 15.6. The van der Waals surface area contributed by atoms with E-state index in [1.807, 2.05) is 4.90 Å².